The van der Waals surface area contributed by atoms with Gasteiger partial charge >= 0.3 is 0 Å². The van der Waals surface area contributed by atoms with Crippen molar-refractivity contribution >= 4 is 28.8 Å². The quantitative estimate of drug-likeness (QED) is 0.282. The van der Waals surface area contributed by atoms with Crippen LogP contribution in [0.15, 0.2) is 71.6 Å². The summed E-state index contributed by atoms with van der Waals surface area (Å²) in [4.78, 5) is 28.2. The summed E-state index contributed by atoms with van der Waals surface area (Å²) in [7, 11) is 0. The molecule has 1 atom stereocenters. The van der Waals surface area contributed by atoms with E-state index in [0.29, 0.717) is 23.8 Å². The van der Waals surface area contributed by atoms with E-state index in [0.717, 1.165) is 4.88 Å². The van der Waals surface area contributed by atoms with Crippen LogP contribution in [0, 0.1) is 11.7 Å². The molecule has 0 bridgehead atoms. The second kappa shape index (κ2) is 9.58. The Morgan fingerprint density at radius 3 is 2.45 bits per heavy atom. The lowest BCUT2D eigenvalue weighted by atomic mass is 9.95. The van der Waals surface area contributed by atoms with E-state index in [-0.39, 0.29) is 23.4 Å². The molecule has 1 unspecified atom stereocenters. The number of hydrogen-bond acceptors (Lipinski definition) is 5. The van der Waals surface area contributed by atoms with Crippen molar-refractivity contribution in [3.8, 4) is 5.75 Å². The minimum absolute atomic E-state index is 0.127. The predicted molar refractivity (Wildman–Crippen MR) is 125 cm³/mol. The van der Waals surface area contributed by atoms with Gasteiger partial charge in [0.05, 0.1) is 24.8 Å². The number of carbonyl (C=O) groups is 2. The van der Waals surface area contributed by atoms with Crippen LogP contribution in [0.1, 0.15) is 35.9 Å². The molecule has 0 aliphatic carbocycles. The highest BCUT2D eigenvalue weighted by Crippen LogP contribution is 2.41. The number of aliphatic hydroxyl groups is 1. The number of likely N-dealkylation sites (tertiary alicyclic amines) is 1. The molecule has 1 N–H and O–H groups in total. The molecule has 1 amide bonds. The Balaban J connectivity index is 1.77. The van der Waals surface area contributed by atoms with Gasteiger partial charge in [-0.25, -0.2) is 4.39 Å². The van der Waals surface area contributed by atoms with Gasteiger partial charge in [0.15, 0.2) is 0 Å². The summed E-state index contributed by atoms with van der Waals surface area (Å²) < 4.78 is 20.5. The Morgan fingerprint density at radius 2 is 1.82 bits per heavy atom. The van der Waals surface area contributed by atoms with Gasteiger partial charge in [-0.3, -0.25) is 9.59 Å². The molecule has 7 heteroatoms. The number of nitrogens with zero attached hydrogens (tertiary/aromatic N) is 1. The lowest BCUT2D eigenvalue weighted by Gasteiger charge is -2.25. The first-order chi connectivity index (χ1) is 15.9. The molecule has 1 saturated heterocycles. The molecule has 33 heavy (non-hydrogen) atoms. The molecule has 0 saturated carbocycles. The normalized spacial score (nSPS) is 17.7. The fraction of sp³-hybridized carbons (Fsp3) is 0.231. The van der Waals surface area contributed by atoms with Crippen LogP contribution < -0.4 is 4.74 Å². The van der Waals surface area contributed by atoms with Crippen molar-refractivity contribution in [1.82, 2.24) is 4.90 Å². The van der Waals surface area contributed by atoms with Crippen LogP contribution in [0.4, 0.5) is 4.39 Å². The zero-order valence-corrected chi connectivity index (χ0v) is 19.1. The fourth-order valence-electron chi connectivity index (χ4n) is 3.76. The van der Waals surface area contributed by atoms with Gasteiger partial charge in [-0.15, -0.1) is 11.3 Å². The lowest BCUT2D eigenvalue weighted by molar-refractivity contribution is -0.140. The van der Waals surface area contributed by atoms with E-state index in [1.165, 1.54) is 28.4 Å². The number of Topliss-reactive ketones (excluding diaryl/α,β-unsaturated/α-hetero) is 1. The number of halogens is 1. The first-order valence-electron chi connectivity index (χ1n) is 10.6. The molecule has 1 aromatic heterocycles. The number of ketones is 1. The third kappa shape index (κ3) is 4.68. The van der Waals surface area contributed by atoms with Gasteiger partial charge in [-0.1, -0.05) is 38.1 Å². The molecule has 0 radical (unpaired) electrons. The second-order valence-electron chi connectivity index (χ2n) is 8.26. The van der Waals surface area contributed by atoms with Crippen LogP contribution in [0.2, 0.25) is 0 Å². The van der Waals surface area contributed by atoms with Gasteiger partial charge in [0.25, 0.3) is 11.7 Å². The van der Waals surface area contributed by atoms with Gasteiger partial charge in [0.1, 0.15) is 17.3 Å². The molecule has 170 valence electrons. The number of carbonyl (C=O) groups excluding carboxylic acids is 2. The van der Waals surface area contributed by atoms with Gasteiger partial charge in [-0.2, -0.15) is 0 Å². The maximum absolute atomic E-state index is 14.8. The van der Waals surface area contributed by atoms with Gasteiger partial charge in [-0.05, 0) is 47.7 Å². The van der Waals surface area contributed by atoms with E-state index in [1.807, 2.05) is 31.4 Å². The molecule has 2 aromatic carbocycles. The summed E-state index contributed by atoms with van der Waals surface area (Å²) in [5, 5.41) is 13.0. The minimum Gasteiger partial charge on any atom is -0.507 e. The van der Waals surface area contributed by atoms with Crippen LogP contribution in [0.25, 0.3) is 5.76 Å². The van der Waals surface area contributed by atoms with Crippen LogP contribution in [-0.4, -0.2) is 28.3 Å². The highest BCUT2D eigenvalue weighted by Gasteiger charge is 2.47. The van der Waals surface area contributed by atoms with Crippen molar-refractivity contribution < 1.29 is 23.8 Å². The first kappa shape index (κ1) is 22.7. The Labute approximate surface area is 195 Å². The van der Waals surface area contributed by atoms with Gasteiger partial charge in [0.2, 0.25) is 0 Å². The van der Waals surface area contributed by atoms with E-state index in [9.17, 15) is 19.1 Å². The van der Waals surface area contributed by atoms with Crippen molar-refractivity contribution in [2.45, 2.75) is 26.4 Å². The SMILES string of the molecule is CC(C)COc1ccc(/C(O)=C2/C(=O)C(=O)N(Cc3cccs3)C2c2ccccc2F)cc1. The zero-order chi connectivity index (χ0) is 23.5. The summed E-state index contributed by atoms with van der Waals surface area (Å²) in [6.07, 6.45) is 0. The molecule has 0 spiro atoms. The number of rotatable bonds is 7. The molecule has 5 nitrogen and oxygen atoms in total. The Bertz CT molecular complexity index is 1190. The maximum Gasteiger partial charge on any atom is 0.295 e. The minimum atomic E-state index is -1.04. The number of thiophene rings is 1. The number of hydrogen-bond donors (Lipinski definition) is 1. The number of amides is 1. The molecule has 1 aliphatic heterocycles. The largest absolute Gasteiger partial charge is 0.507 e. The average Bonchev–Trinajstić information content (AvgIpc) is 3.40. The highest BCUT2D eigenvalue weighted by atomic mass is 32.1. The molecule has 1 fully saturated rings. The van der Waals surface area contributed by atoms with Crippen molar-refractivity contribution in [1.29, 1.82) is 0 Å². The lowest BCUT2D eigenvalue weighted by Crippen LogP contribution is -2.29. The molecular formula is C26H24FNO4S. The fourth-order valence-corrected chi connectivity index (χ4v) is 4.46. The Morgan fingerprint density at radius 1 is 1.09 bits per heavy atom. The van der Waals surface area contributed by atoms with E-state index in [2.05, 4.69) is 0 Å². The third-order valence-corrected chi connectivity index (χ3v) is 6.22. The molecule has 1 aliphatic rings. The third-order valence-electron chi connectivity index (χ3n) is 5.36. The standard InChI is InChI=1S/C26H24FNO4S/c1-16(2)15-32-18-11-9-17(10-12-18)24(29)22-23(20-7-3-4-8-21(20)27)28(26(31)25(22)30)14-19-6-5-13-33-19/h3-13,16,23,29H,14-15H2,1-2H3/b24-22-. The van der Waals surface area contributed by atoms with E-state index in [4.69, 9.17) is 4.74 Å². The highest BCUT2D eigenvalue weighted by molar-refractivity contribution is 7.09. The van der Waals surface area contributed by atoms with Crippen LogP contribution >= 0.6 is 11.3 Å². The Kier molecular flexibility index (Phi) is 6.60. The Hall–Kier alpha value is -3.45. The van der Waals surface area contributed by atoms with E-state index >= 15 is 0 Å². The van der Waals surface area contributed by atoms with Crippen molar-refractivity contribution in [3.63, 3.8) is 0 Å². The smallest absolute Gasteiger partial charge is 0.295 e. The molecule has 2 heterocycles. The molecular weight excluding hydrogens is 441 g/mol. The second-order valence-corrected chi connectivity index (χ2v) is 9.29. The monoisotopic (exact) mass is 465 g/mol. The summed E-state index contributed by atoms with van der Waals surface area (Å²) >= 11 is 1.44. The molecule has 3 aromatic rings. The number of aliphatic hydroxyl groups excluding tert-OH is 1. The van der Waals surface area contributed by atoms with Crippen molar-refractivity contribution in [3.05, 3.63) is 93.4 Å². The molecule has 4 rings (SSSR count). The van der Waals surface area contributed by atoms with Gasteiger partial charge < -0.3 is 14.7 Å². The van der Waals surface area contributed by atoms with Crippen LogP contribution in [0.3, 0.4) is 0 Å². The van der Waals surface area contributed by atoms with E-state index in [1.54, 1.807) is 36.4 Å². The van der Waals surface area contributed by atoms with E-state index < -0.39 is 23.5 Å². The van der Waals surface area contributed by atoms with Gasteiger partial charge in [0, 0.05) is 16.0 Å². The van der Waals surface area contributed by atoms with Crippen molar-refractivity contribution in [2.24, 2.45) is 5.92 Å². The number of benzene rings is 2. The maximum atomic E-state index is 14.8. The predicted octanol–water partition coefficient (Wildman–Crippen LogP) is 5.54. The average molecular weight is 466 g/mol. The summed E-state index contributed by atoms with van der Waals surface area (Å²) in [5.41, 5.74) is 0.381. The topological polar surface area (TPSA) is 66.8 Å². The summed E-state index contributed by atoms with van der Waals surface area (Å²) in [6, 6.07) is 15.3. The number of ether oxygens (including phenoxy) is 1. The van der Waals surface area contributed by atoms with Crippen LogP contribution in [-0.2, 0) is 16.1 Å². The summed E-state index contributed by atoms with van der Waals surface area (Å²) in [6.45, 7) is 4.77. The first-order valence-corrected chi connectivity index (χ1v) is 11.5. The zero-order valence-electron chi connectivity index (χ0n) is 18.3. The van der Waals surface area contributed by atoms with Crippen LogP contribution in [0.5, 0.6) is 5.75 Å². The summed E-state index contributed by atoms with van der Waals surface area (Å²) in [5.74, 6) is -1.51. The van der Waals surface area contributed by atoms with Crippen molar-refractivity contribution in [2.75, 3.05) is 6.61 Å².